The van der Waals surface area contributed by atoms with Crippen LogP contribution < -0.4 is 5.56 Å². The van der Waals surface area contributed by atoms with E-state index >= 15 is 0 Å². The molecule has 1 N–H and O–H groups in total. The minimum absolute atomic E-state index is 0.00220. The van der Waals surface area contributed by atoms with Crippen molar-refractivity contribution in [1.29, 1.82) is 0 Å². The van der Waals surface area contributed by atoms with Gasteiger partial charge in [0.2, 0.25) is 0 Å². The Bertz CT molecular complexity index is 772. The van der Waals surface area contributed by atoms with Crippen molar-refractivity contribution in [2.75, 3.05) is 0 Å². The quantitative estimate of drug-likeness (QED) is 0.674. The van der Waals surface area contributed by atoms with Gasteiger partial charge in [0.15, 0.2) is 5.65 Å². The van der Waals surface area contributed by atoms with E-state index in [2.05, 4.69) is 15.3 Å². The van der Waals surface area contributed by atoms with Gasteiger partial charge in [-0.1, -0.05) is 17.3 Å². The van der Waals surface area contributed by atoms with Gasteiger partial charge in [-0.05, 0) is 12.1 Å². The van der Waals surface area contributed by atoms with Crippen molar-refractivity contribution in [1.82, 2.24) is 14.6 Å². The fraction of sp³-hybridized carbons (Fsp3) is 0.0909. The lowest BCUT2D eigenvalue weighted by Crippen LogP contribution is -2.15. The highest BCUT2D eigenvalue weighted by molar-refractivity contribution is 5.79. The second-order valence-corrected chi connectivity index (χ2v) is 3.68. The van der Waals surface area contributed by atoms with E-state index in [0.717, 1.165) is 0 Å². The van der Waals surface area contributed by atoms with Gasteiger partial charge in [-0.25, -0.2) is 9.50 Å². The Kier molecular flexibility index (Phi) is 2.01. The van der Waals surface area contributed by atoms with Crippen LogP contribution in [-0.2, 0) is 6.54 Å². The van der Waals surface area contributed by atoms with Crippen molar-refractivity contribution in [2.24, 2.45) is 5.18 Å². The summed E-state index contributed by atoms with van der Waals surface area (Å²) in [5.41, 5.74) is 1.50. The number of hydrogen-bond donors (Lipinski definition) is 1. The normalized spacial score (nSPS) is 11.1. The molecule has 0 unspecified atom stereocenters. The van der Waals surface area contributed by atoms with Crippen LogP contribution in [0.25, 0.3) is 16.6 Å². The Hall–Kier alpha value is -2.50. The predicted octanol–water partition coefficient (Wildman–Crippen LogP) is 1.44. The number of nitrogens with zero attached hydrogens (tertiary/aromatic N) is 3. The lowest BCUT2D eigenvalue weighted by atomic mass is 10.2. The topological polar surface area (TPSA) is 79.6 Å². The Balaban J connectivity index is 2.48. The van der Waals surface area contributed by atoms with E-state index in [4.69, 9.17) is 0 Å². The predicted molar refractivity (Wildman–Crippen MR) is 62.8 cm³/mol. The van der Waals surface area contributed by atoms with Crippen LogP contribution in [0.15, 0.2) is 40.4 Å². The van der Waals surface area contributed by atoms with Crippen molar-refractivity contribution < 1.29 is 0 Å². The first kappa shape index (κ1) is 9.71. The SMILES string of the molecule is O=NCc1c[nH]n2c(=O)c3ccccc3nc12. The molecule has 0 bridgehead atoms. The van der Waals surface area contributed by atoms with Gasteiger partial charge in [-0.15, -0.1) is 0 Å². The summed E-state index contributed by atoms with van der Waals surface area (Å²) < 4.78 is 1.32. The number of rotatable bonds is 2. The summed E-state index contributed by atoms with van der Waals surface area (Å²) in [7, 11) is 0. The van der Waals surface area contributed by atoms with E-state index in [1.807, 2.05) is 6.07 Å². The van der Waals surface area contributed by atoms with Gasteiger partial charge in [0.05, 0.1) is 10.9 Å². The Morgan fingerprint density at radius 3 is 3.00 bits per heavy atom. The van der Waals surface area contributed by atoms with E-state index < -0.39 is 0 Å². The van der Waals surface area contributed by atoms with Gasteiger partial charge in [0.1, 0.15) is 6.54 Å². The monoisotopic (exact) mass is 228 g/mol. The van der Waals surface area contributed by atoms with Crippen LogP contribution in [0.2, 0.25) is 0 Å². The van der Waals surface area contributed by atoms with E-state index in [1.165, 1.54) is 4.52 Å². The van der Waals surface area contributed by atoms with Gasteiger partial charge in [-0.2, -0.15) is 4.91 Å². The summed E-state index contributed by atoms with van der Waals surface area (Å²) in [5.74, 6) is 0. The van der Waals surface area contributed by atoms with Gasteiger partial charge in [-0.3, -0.25) is 9.89 Å². The first-order valence-corrected chi connectivity index (χ1v) is 5.08. The van der Waals surface area contributed by atoms with Crippen LogP contribution in [-0.4, -0.2) is 14.6 Å². The molecule has 84 valence electrons. The summed E-state index contributed by atoms with van der Waals surface area (Å²) in [4.78, 5) is 26.7. The van der Waals surface area contributed by atoms with Gasteiger partial charge in [0.25, 0.3) is 5.56 Å². The molecule has 6 heteroatoms. The number of fused-ring (bicyclic) bond motifs is 2. The van der Waals surface area contributed by atoms with E-state index in [-0.39, 0.29) is 12.1 Å². The maximum atomic E-state index is 12.1. The molecule has 3 rings (SSSR count). The first-order chi connectivity index (χ1) is 8.31. The van der Waals surface area contributed by atoms with Gasteiger partial charge in [0, 0.05) is 11.8 Å². The molecular formula is C11H8N4O2. The molecule has 6 nitrogen and oxygen atoms in total. The average Bonchev–Trinajstić information content (AvgIpc) is 2.74. The number of hydrogen-bond acceptors (Lipinski definition) is 4. The first-order valence-electron chi connectivity index (χ1n) is 5.08. The third-order valence-electron chi connectivity index (χ3n) is 2.67. The number of H-pyrrole nitrogens is 1. The van der Waals surface area contributed by atoms with Crippen LogP contribution in [0.5, 0.6) is 0 Å². The molecule has 0 radical (unpaired) electrons. The molecular weight excluding hydrogens is 220 g/mol. The molecule has 0 saturated carbocycles. The Morgan fingerprint density at radius 1 is 1.35 bits per heavy atom. The molecule has 3 aromatic rings. The number of benzene rings is 1. The minimum atomic E-state index is -0.178. The molecule has 0 atom stereocenters. The molecule has 0 saturated heterocycles. The van der Waals surface area contributed by atoms with Crippen LogP contribution in [0.1, 0.15) is 5.56 Å². The Morgan fingerprint density at radius 2 is 2.18 bits per heavy atom. The van der Waals surface area contributed by atoms with Gasteiger partial charge < -0.3 is 0 Å². The lowest BCUT2D eigenvalue weighted by molar-refractivity contribution is 0.915. The third kappa shape index (κ3) is 1.34. The molecule has 2 aromatic heterocycles. The molecule has 17 heavy (non-hydrogen) atoms. The molecule has 0 aliphatic heterocycles. The zero-order valence-corrected chi connectivity index (χ0v) is 8.75. The molecule has 2 heterocycles. The van der Waals surface area contributed by atoms with Crippen molar-refractivity contribution in [3.63, 3.8) is 0 Å². The van der Waals surface area contributed by atoms with Crippen LogP contribution in [0, 0.1) is 4.91 Å². The summed E-state index contributed by atoms with van der Waals surface area (Å²) in [6.07, 6.45) is 1.57. The van der Waals surface area contributed by atoms with E-state index in [9.17, 15) is 9.70 Å². The Labute approximate surface area is 94.9 Å². The summed E-state index contributed by atoms with van der Waals surface area (Å²) >= 11 is 0. The number of aromatic amines is 1. The van der Waals surface area contributed by atoms with E-state index in [0.29, 0.717) is 22.1 Å². The van der Waals surface area contributed by atoms with Crippen LogP contribution in [0.3, 0.4) is 0 Å². The smallest absolute Gasteiger partial charge is 0.280 e. The third-order valence-corrected chi connectivity index (χ3v) is 2.67. The van der Waals surface area contributed by atoms with Crippen molar-refractivity contribution >= 4 is 16.6 Å². The summed E-state index contributed by atoms with van der Waals surface area (Å²) in [6.45, 7) is -0.00220. The van der Waals surface area contributed by atoms with E-state index in [1.54, 1.807) is 24.4 Å². The zero-order valence-electron chi connectivity index (χ0n) is 8.75. The summed E-state index contributed by atoms with van der Waals surface area (Å²) in [6, 6.07) is 7.08. The van der Waals surface area contributed by atoms with Crippen molar-refractivity contribution in [3.8, 4) is 0 Å². The van der Waals surface area contributed by atoms with Crippen molar-refractivity contribution in [2.45, 2.75) is 6.54 Å². The maximum absolute atomic E-state index is 12.1. The average molecular weight is 228 g/mol. The molecule has 0 aliphatic carbocycles. The highest BCUT2D eigenvalue weighted by Gasteiger charge is 2.09. The largest absolute Gasteiger partial charge is 0.296 e. The number of para-hydroxylation sites is 1. The molecule has 0 spiro atoms. The maximum Gasteiger partial charge on any atom is 0.280 e. The zero-order chi connectivity index (χ0) is 11.8. The highest BCUT2D eigenvalue weighted by atomic mass is 16.3. The minimum Gasteiger partial charge on any atom is -0.296 e. The molecule has 0 fully saturated rings. The van der Waals surface area contributed by atoms with Crippen LogP contribution in [0.4, 0.5) is 0 Å². The standard InChI is InChI=1S/C11H8N4O2/c16-11-8-3-1-2-4-9(8)14-10-7(6-13-17)5-12-15(10)11/h1-5,12H,6H2. The van der Waals surface area contributed by atoms with Gasteiger partial charge >= 0.3 is 0 Å². The fourth-order valence-corrected chi connectivity index (χ4v) is 1.86. The number of nitroso groups, excluding NO2 is 1. The number of nitrogens with one attached hydrogen (secondary N) is 1. The molecule has 0 amide bonds. The van der Waals surface area contributed by atoms with Crippen LogP contribution >= 0.6 is 0 Å². The molecule has 1 aromatic carbocycles. The second-order valence-electron chi connectivity index (χ2n) is 3.68. The second kappa shape index (κ2) is 3.51. The lowest BCUT2D eigenvalue weighted by Gasteiger charge is -1.98. The molecule has 0 aliphatic rings. The fourth-order valence-electron chi connectivity index (χ4n) is 1.86. The van der Waals surface area contributed by atoms with Crippen molar-refractivity contribution in [3.05, 3.63) is 51.3 Å². The highest BCUT2D eigenvalue weighted by Crippen LogP contribution is 2.12. The number of aromatic nitrogens is 3. The summed E-state index contributed by atoms with van der Waals surface area (Å²) in [5, 5.41) is 6.13.